The number of carbonyl (C=O) groups is 1. The van der Waals surface area contributed by atoms with E-state index in [9.17, 15) is 4.79 Å². The molecule has 2 N–H and O–H groups in total. The number of amides is 1. The zero-order valence-electron chi connectivity index (χ0n) is 15.4. The zero-order chi connectivity index (χ0) is 17.5. The Morgan fingerprint density at radius 1 is 1.13 bits per heavy atom. The van der Waals surface area contributed by atoms with E-state index < -0.39 is 11.7 Å². The highest BCUT2D eigenvalue weighted by Crippen LogP contribution is 2.13. The first-order chi connectivity index (χ1) is 10.7. The predicted octanol–water partition coefficient (Wildman–Crippen LogP) is 4.60. The molecule has 0 heterocycles. The van der Waals surface area contributed by atoms with Gasteiger partial charge in [-0.05, 0) is 70.7 Å². The summed E-state index contributed by atoms with van der Waals surface area (Å²) in [7, 11) is 0. The lowest BCUT2D eigenvalue weighted by molar-refractivity contribution is 0.0636. The Hall–Kier alpha value is -1.55. The van der Waals surface area contributed by atoms with Gasteiger partial charge in [-0.15, -0.1) is 0 Å². The number of hydrogen-bond donors (Lipinski definition) is 2. The van der Waals surface area contributed by atoms with Crippen LogP contribution < -0.4 is 10.6 Å². The molecule has 0 spiro atoms. The molecule has 0 aliphatic heterocycles. The summed E-state index contributed by atoms with van der Waals surface area (Å²) in [6.45, 7) is 13.2. The fourth-order valence-electron chi connectivity index (χ4n) is 2.43. The normalized spacial score (nSPS) is 13.0. The van der Waals surface area contributed by atoms with Crippen molar-refractivity contribution in [1.82, 2.24) is 5.32 Å². The van der Waals surface area contributed by atoms with Crippen LogP contribution in [0.25, 0.3) is 0 Å². The maximum atomic E-state index is 11.7. The molecule has 4 heteroatoms. The standard InChI is InChI=1S/C19H32N2O2/c1-14(2)13-15(3)20-12-11-16-7-9-17(10-8-16)21-18(22)23-19(4,5)6/h7-10,14-15,20H,11-13H2,1-6H3,(H,21,22). The highest BCUT2D eigenvalue weighted by molar-refractivity contribution is 5.84. The van der Waals surface area contributed by atoms with Gasteiger partial charge >= 0.3 is 6.09 Å². The van der Waals surface area contributed by atoms with E-state index in [0.717, 1.165) is 24.6 Å². The van der Waals surface area contributed by atoms with Crippen molar-refractivity contribution in [2.24, 2.45) is 5.92 Å². The van der Waals surface area contributed by atoms with Crippen molar-refractivity contribution < 1.29 is 9.53 Å². The van der Waals surface area contributed by atoms with Crippen molar-refractivity contribution in [3.63, 3.8) is 0 Å². The summed E-state index contributed by atoms with van der Waals surface area (Å²) in [5.41, 5.74) is 1.52. The minimum atomic E-state index is -0.484. The topological polar surface area (TPSA) is 50.4 Å². The molecule has 1 unspecified atom stereocenters. The first kappa shape index (κ1) is 19.5. The van der Waals surface area contributed by atoms with Gasteiger partial charge in [0.1, 0.15) is 5.60 Å². The SMILES string of the molecule is CC(C)CC(C)NCCc1ccc(NC(=O)OC(C)(C)C)cc1. The minimum Gasteiger partial charge on any atom is -0.444 e. The third-order valence-electron chi connectivity index (χ3n) is 3.33. The quantitative estimate of drug-likeness (QED) is 0.772. The molecule has 130 valence electrons. The van der Waals surface area contributed by atoms with Crippen molar-refractivity contribution in [3.8, 4) is 0 Å². The maximum absolute atomic E-state index is 11.7. The smallest absolute Gasteiger partial charge is 0.412 e. The molecule has 0 bridgehead atoms. The van der Waals surface area contributed by atoms with Gasteiger partial charge in [-0.2, -0.15) is 0 Å². The van der Waals surface area contributed by atoms with Crippen molar-refractivity contribution in [1.29, 1.82) is 0 Å². The van der Waals surface area contributed by atoms with E-state index in [4.69, 9.17) is 4.74 Å². The summed E-state index contributed by atoms with van der Waals surface area (Å²) in [6.07, 6.45) is 1.75. The van der Waals surface area contributed by atoms with Crippen molar-refractivity contribution in [2.75, 3.05) is 11.9 Å². The van der Waals surface area contributed by atoms with E-state index in [-0.39, 0.29) is 0 Å². The molecule has 1 rings (SSSR count). The van der Waals surface area contributed by atoms with Gasteiger partial charge in [0.25, 0.3) is 0 Å². The number of carbonyl (C=O) groups excluding carboxylic acids is 1. The molecular formula is C19H32N2O2. The van der Waals surface area contributed by atoms with E-state index in [1.54, 1.807) is 0 Å². The fourth-order valence-corrected chi connectivity index (χ4v) is 2.43. The molecule has 1 atom stereocenters. The van der Waals surface area contributed by atoms with E-state index in [1.807, 2.05) is 45.0 Å². The molecule has 0 saturated heterocycles. The summed E-state index contributed by atoms with van der Waals surface area (Å²) in [5.74, 6) is 0.718. The van der Waals surface area contributed by atoms with Gasteiger partial charge in [0.15, 0.2) is 0 Å². The molecule has 0 aromatic heterocycles. The highest BCUT2D eigenvalue weighted by atomic mass is 16.6. The van der Waals surface area contributed by atoms with Crippen LogP contribution >= 0.6 is 0 Å². The van der Waals surface area contributed by atoms with Crippen LogP contribution in [0.3, 0.4) is 0 Å². The van der Waals surface area contributed by atoms with Crippen LogP contribution in [0, 0.1) is 5.92 Å². The molecule has 1 amide bonds. The third kappa shape index (κ3) is 9.24. The van der Waals surface area contributed by atoms with E-state index >= 15 is 0 Å². The van der Waals surface area contributed by atoms with Crippen molar-refractivity contribution in [2.45, 2.75) is 66.0 Å². The Labute approximate surface area is 141 Å². The zero-order valence-corrected chi connectivity index (χ0v) is 15.4. The number of nitrogens with one attached hydrogen (secondary N) is 2. The molecule has 0 aliphatic carbocycles. The monoisotopic (exact) mass is 320 g/mol. The van der Waals surface area contributed by atoms with Gasteiger partial charge in [-0.25, -0.2) is 4.79 Å². The van der Waals surface area contributed by atoms with Gasteiger partial charge < -0.3 is 10.1 Å². The number of benzene rings is 1. The maximum Gasteiger partial charge on any atom is 0.412 e. The third-order valence-corrected chi connectivity index (χ3v) is 3.33. The molecule has 1 aromatic carbocycles. The second kappa shape index (κ2) is 8.92. The average molecular weight is 320 g/mol. The number of ether oxygens (including phenoxy) is 1. The summed E-state index contributed by atoms with van der Waals surface area (Å²) >= 11 is 0. The molecule has 0 fully saturated rings. The van der Waals surface area contributed by atoms with Gasteiger partial charge in [0.05, 0.1) is 0 Å². The largest absolute Gasteiger partial charge is 0.444 e. The summed E-state index contributed by atoms with van der Waals surface area (Å²) in [4.78, 5) is 11.7. The highest BCUT2D eigenvalue weighted by Gasteiger charge is 2.16. The van der Waals surface area contributed by atoms with Crippen molar-refractivity contribution in [3.05, 3.63) is 29.8 Å². The Morgan fingerprint density at radius 2 is 1.74 bits per heavy atom. The van der Waals surface area contributed by atoms with Crippen LogP contribution in [0.2, 0.25) is 0 Å². The Kier molecular flexibility index (Phi) is 7.56. The average Bonchev–Trinajstić information content (AvgIpc) is 2.37. The first-order valence-electron chi connectivity index (χ1n) is 8.48. The lowest BCUT2D eigenvalue weighted by atomic mass is 10.0. The molecule has 4 nitrogen and oxygen atoms in total. The number of rotatable bonds is 7. The Bertz CT molecular complexity index is 475. The van der Waals surface area contributed by atoms with Crippen LogP contribution in [-0.2, 0) is 11.2 Å². The minimum absolute atomic E-state index is 0.422. The van der Waals surface area contributed by atoms with Crippen LogP contribution in [0.1, 0.15) is 53.5 Å². The second-order valence-corrected chi connectivity index (χ2v) is 7.56. The van der Waals surface area contributed by atoms with Crippen LogP contribution in [0.5, 0.6) is 0 Å². The molecule has 0 aliphatic rings. The first-order valence-corrected chi connectivity index (χ1v) is 8.48. The predicted molar refractivity (Wildman–Crippen MR) is 96.9 cm³/mol. The second-order valence-electron chi connectivity index (χ2n) is 7.56. The molecule has 0 radical (unpaired) electrons. The van der Waals surface area contributed by atoms with Crippen molar-refractivity contribution >= 4 is 11.8 Å². The van der Waals surface area contributed by atoms with E-state index in [1.165, 1.54) is 12.0 Å². The molecule has 0 saturated carbocycles. The van der Waals surface area contributed by atoms with Gasteiger partial charge in [0.2, 0.25) is 0 Å². The molecule has 1 aromatic rings. The Morgan fingerprint density at radius 3 is 2.26 bits per heavy atom. The molecule has 23 heavy (non-hydrogen) atoms. The van der Waals surface area contributed by atoms with Gasteiger partial charge in [0, 0.05) is 11.7 Å². The van der Waals surface area contributed by atoms with E-state index in [0.29, 0.717) is 6.04 Å². The number of hydrogen-bond acceptors (Lipinski definition) is 3. The number of anilines is 1. The van der Waals surface area contributed by atoms with Gasteiger partial charge in [-0.1, -0.05) is 26.0 Å². The fraction of sp³-hybridized carbons (Fsp3) is 0.632. The van der Waals surface area contributed by atoms with Crippen LogP contribution in [0.4, 0.5) is 10.5 Å². The van der Waals surface area contributed by atoms with Crippen LogP contribution in [0.15, 0.2) is 24.3 Å². The van der Waals surface area contributed by atoms with Crippen LogP contribution in [-0.4, -0.2) is 24.3 Å². The molecular weight excluding hydrogens is 288 g/mol. The summed E-state index contributed by atoms with van der Waals surface area (Å²) < 4.78 is 5.23. The summed E-state index contributed by atoms with van der Waals surface area (Å²) in [6, 6.07) is 8.46. The summed E-state index contributed by atoms with van der Waals surface area (Å²) in [5, 5.41) is 6.29. The van der Waals surface area contributed by atoms with E-state index in [2.05, 4.69) is 31.4 Å². The van der Waals surface area contributed by atoms with Gasteiger partial charge in [-0.3, -0.25) is 5.32 Å². The lowest BCUT2D eigenvalue weighted by Crippen LogP contribution is -2.29. The lowest BCUT2D eigenvalue weighted by Gasteiger charge is -2.19. The Balaban J connectivity index is 2.37.